The number of aromatic nitrogens is 2. The lowest BCUT2D eigenvalue weighted by atomic mass is 10.1. The summed E-state index contributed by atoms with van der Waals surface area (Å²) in [7, 11) is 1.70. The molecule has 1 N–H and O–H groups in total. The minimum absolute atomic E-state index is 0.0397. The van der Waals surface area contributed by atoms with Crippen LogP contribution >= 0.6 is 23.2 Å². The molecule has 21 heavy (non-hydrogen) atoms. The molecule has 5 nitrogen and oxygen atoms in total. The van der Waals surface area contributed by atoms with Gasteiger partial charge in [0.15, 0.2) is 5.82 Å². The van der Waals surface area contributed by atoms with Crippen LogP contribution in [0.4, 0.5) is 0 Å². The van der Waals surface area contributed by atoms with Gasteiger partial charge in [-0.05, 0) is 24.1 Å². The van der Waals surface area contributed by atoms with E-state index in [2.05, 4.69) is 15.5 Å². The van der Waals surface area contributed by atoms with Crippen molar-refractivity contribution < 1.29 is 9.26 Å². The summed E-state index contributed by atoms with van der Waals surface area (Å²) in [5, 5.41) is 8.51. The van der Waals surface area contributed by atoms with Gasteiger partial charge >= 0.3 is 0 Å². The van der Waals surface area contributed by atoms with E-state index in [4.69, 9.17) is 32.5 Å². The van der Waals surface area contributed by atoms with Crippen LogP contribution in [0, 0.1) is 0 Å². The molecular formula is C14H15Cl2N3O2. The predicted octanol–water partition coefficient (Wildman–Crippen LogP) is 3.02. The van der Waals surface area contributed by atoms with Gasteiger partial charge in [-0.3, -0.25) is 0 Å². The van der Waals surface area contributed by atoms with Crippen LogP contribution in [0.25, 0.3) is 0 Å². The van der Waals surface area contributed by atoms with Crippen molar-refractivity contribution in [1.29, 1.82) is 0 Å². The van der Waals surface area contributed by atoms with Crippen LogP contribution in [0.2, 0.25) is 10.0 Å². The molecule has 2 atom stereocenters. The molecule has 7 heteroatoms. The van der Waals surface area contributed by atoms with Gasteiger partial charge < -0.3 is 14.6 Å². The Morgan fingerprint density at radius 1 is 1.38 bits per heavy atom. The highest BCUT2D eigenvalue weighted by molar-refractivity contribution is 6.36. The monoisotopic (exact) mass is 327 g/mol. The summed E-state index contributed by atoms with van der Waals surface area (Å²) in [6.07, 6.45) is 1.45. The van der Waals surface area contributed by atoms with Crippen molar-refractivity contribution in [2.45, 2.75) is 25.0 Å². The maximum absolute atomic E-state index is 6.15. The van der Waals surface area contributed by atoms with E-state index in [-0.39, 0.29) is 12.1 Å². The summed E-state index contributed by atoms with van der Waals surface area (Å²) < 4.78 is 10.6. The fraction of sp³-hybridized carbons (Fsp3) is 0.429. The minimum Gasteiger partial charge on any atom is -0.380 e. The number of hydrogen-bond donors (Lipinski definition) is 1. The number of halogens is 2. The molecule has 2 heterocycles. The van der Waals surface area contributed by atoms with E-state index in [0.29, 0.717) is 28.2 Å². The maximum Gasteiger partial charge on any atom is 0.243 e. The van der Waals surface area contributed by atoms with E-state index >= 15 is 0 Å². The van der Waals surface area contributed by atoms with Gasteiger partial charge in [0.2, 0.25) is 5.89 Å². The zero-order valence-electron chi connectivity index (χ0n) is 11.5. The number of hydrogen-bond acceptors (Lipinski definition) is 5. The van der Waals surface area contributed by atoms with E-state index in [1.165, 1.54) is 0 Å². The van der Waals surface area contributed by atoms with Gasteiger partial charge in [0.05, 0.1) is 12.1 Å². The first-order valence-corrected chi connectivity index (χ1v) is 7.44. The number of benzene rings is 1. The Labute approximate surface area is 132 Å². The molecule has 2 unspecified atom stereocenters. The molecule has 1 fully saturated rings. The topological polar surface area (TPSA) is 60.2 Å². The third-order valence-corrected chi connectivity index (χ3v) is 4.31. The standard InChI is InChI=1S/C14H15Cl2N3O2/c1-20-8-5-12(17-7-8)14-18-13(19-21-14)6-9-10(15)3-2-4-11(9)16/h2-4,8,12,17H,5-7H2,1H3. The zero-order chi connectivity index (χ0) is 14.8. The van der Waals surface area contributed by atoms with Gasteiger partial charge in [0, 0.05) is 30.1 Å². The van der Waals surface area contributed by atoms with E-state index in [1.54, 1.807) is 19.2 Å². The molecule has 1 aromatic carbocycles. The summed E-state index contributed by atoms with van der Waals surface area (Å²) in [5.41, 5.74) is 0.808. The molecule has 2 aromatic rings. The van der Waals surface area contributed by atoms with Crippen LogP contribution in [-0.4, -0.2) is 29.9 Å². The molecule has 0 radical (unpaired) electrons. The third-order valence-electron chi connectivity index (χ3n) is 3.60. The summed E-state index contributed by atoms with van der Waals surface area (Å²) >= 11 is 12.3. The Kier molecular flexibility index (Phi) is 4.45. The lowest BCUT2D eigenvalue weighted by molar-refractivity contribution is 0.116. The van der Waals surface area contributed by atoms with Crippen LogP contribution < -0.4 is 5.32 Å². The largest absolute Gasteiger partial charge is 0.380 e. The molecule has 0 saturated carbocycles. The van der Waals surface area contributed by atoms with Crippen molar-refractivity contribution in [2.75, 3.05) is 13.7 Å². The fourth-order valence-corrected chi connectivity index (χ4v) is 2.94. The Bertz CT molecular complexity index is 612. The van der Waals surface area contributed by atoms with Gasteiger partial charge in [-0.1, -0.05) is 34.4 Å². The third kappa shape index (κ3) is 3.21. The normalized spacial score (nSPS) is 21.9. The Morgan fingerprint density at radius 3 is 2.81 bits per heavy atom. The molecule has 0 amide bonds. The molecule has 0 spiro atoms. The van der Waals surface area contributed by atoms with Crippen LogP contribution in [0.1, 0.15) is 29.7 Å². The van der Waals surface area contributed by atoms with Gasteiger partial charge in [-0.25, -0.2) is 0 Å². The lowest BCUT2D eigenvalue weighted by Crippen LogP contribution is -2.16. The van der Waals surface area contributed by atoms with E-state index in [1.807, 2.05) is 6.07 Å². The van der Waals surface area contributed by atoms with Crippen molar-refractivity contribution in [3.8, 4) is 0 Å². The molecule has 0 bridgehead atoms. The Hall–Kier alpha value is -1.14. The van der Waals surface area contributed by atoms with Gasteiger partial charge in [-0.15, -0.1) is 0 Å². The maximum atomic E-state index is 6.15. The average molecular weight is 328 g/mol. The van der Waals surface area contributed by atoms with Crippen LogP contribution in [0.5, 0.6) is 0 Å². The molecule has 1 aliphatic rings. The zero-order valence-corrected chi connectivity index (χ0v) is 13.0. The van der Waals surface area contributed by atoms with Gasteiger partial charge in [0.25, 0.3) is 0 Å². The summed E-state index contributed by atoms with van der Waals surface area (Å²) in [6, 6.07) is 5.44. The van der Waals surface area contributed by atoms with Crippen LogP contribution in [0.3, 0.4) is 0 Å². The minimum atomic E-state index is 0.0397. The SMILES string of the molecule is COC1CNC(c2nc(Cc3c(Cl)cccc3Cl)no2)C1. The average Bonchev–Trinajstić information content (AvgIpc) is 3.11. The Morgan fingerprint density at radius 2 is 2.14 bits per heavy atom. The second-order valence-corrected chi connectivity index (χ2v) is 5.79. The van der Waals surface area contributed by atoms with Crippen molar-refractivity contribution >= 4 is 23.2 Å². The quantitative estimate of drug-likeness (QED) is 0.935. The molecule has 1 saturated heterocycles. The number of methoxy groups -OCH3 is 1. The first-order valence-electron chi connectivity index (χ1n) is 6.69. The van der Waals surface area contributed by atoms with Gasteiger partial charge in [0.1, 0.15) is 0 Å². The van der Waals surface area contributed by atoms with E-state index in [0.717, 1.165) is 18.5 Å². The van der Waals surface area contributed by atoms with E-state index < -0.39 is 0 Å². The first-order chi connectivity index (χ1) is 10.2. The first kappa shape index (κ1) is 14.8. The second kappa shape index (κ2) is 6.32. The molecule has 1 aliphatic heterocycles. The molecule has 0 aliphatic carbocycles. The highest BCUT2D eigenvalue weighted by Crippen LogP contribution is 2.27. The van der Waals surface area contributed by atoms with E-state index in [9.17, 15) is 0 Å². The molecule has 112 valence electrons. The van der Waals surface area contributed by atoms with Crippen molar-refractivity contribution in [1.82, 2.24) is 15.5 Å². The summed E-state index contributed by atoms with van der Waals surface area (Å²) in [4.78, 5) is 4.43. The molecular weight excluding hydrogens is 313 g/mol. The second-order valence-electron chi connectivity index (χ2n) is 4.98. The van der Waals surface area contributed by atoms with Crippen LogP contribution in [0.15, 0.2) is 22.7 Å². The lowest BCUT2D eigenvalue weighted by Gasteiger charge is -2.04. The molecule has 1 aromatic heterocycles. The molecule has 3 rings (SSSR count). The number of nitrogens with zero attached hydrogens (tertiary/aromatic N) is 2. The number of ether oxygens (including phenoxy) is 1. The van der Waals surface area contributed by atoms with Crippen molar-refractivity contribution in [3.63, 3.8) is 0 Å². The van der Waals surface area contributed by atoms with Gasteiger partial charge in [-0.2, -0.15) is 4.98 Å². The number of rotatable bonds is 4. The summed E-state index contributed by atoms with van der Waals surface area (Å²) in [6.45, 7) is 0.787. The fourth-order valence-electron chi connectivity index (χ4n) is 2.41. The highest BCUT2D eigenvalue weighted by atomic mass is 35.5. The van der Waals surface area contributed by atoms with Crippen molar-refractivity contribution in [3.05, 3.63) is 45.5 Å². The smallest absolute Gasteiger partial charge is 0.243 e. The van der Waals surface area contributed by atoms with Crippen molar-refractivity contribution in [2.24, 2.45) is 0 Å². The number of nitrogens with one attached hydrogen (secondary N) is 1. The van der Waals surface area contributed by atoms with Crippen LogP contribution in [-0.2, 0) is 11.2 Å². The Balaban J connectivity index is 1.74. The highest BCUT2D eigenvalue weighted by Gasteiger charge is 2.29. The predicted molar refractivity (Wildman–Crippen MR) is 79.7 cm³/mol. The summed E-state index contributed by atoms with van der Waals surface area (Å²) in [5.74, 6) is 1.15.